The number of amides is 1. The number of anilines is 1. The maximum Gasteiger partial charge on any atom is 0.254 e. The number of rotatable bonds is 3. The molecule has 4 heterocycles. The summed E-state index contributed by atoms with van der Waals surface area (Å²) >= 11 is 0. The zero-order valence-electron chi connectivity index (χ0n) is 13.4. The number of carbonyl (C=O) groups excluding carboxylic acids is 1. The smallest absolute Gasteiger partial charge is 0.254 e. The van der Waals surface area contributed by atoms with E-state index in [-0.39, 0.29) is 24.3 Å². The van der Waals surface area contributed by atoms with Gasteiger partial charge in [-0.05, 0) is 19.4 Å². The molecule has 0 bridgehead atoms. The Balaban J connectivity index is 1.79. The maximum absolute atomic E-state index is 14.8. The molecule has 2 aliphatic rings. The summed E-state index contributed by atoms with van der Waals surface area (Å²) in [6, 6.07) is 0.130. The summed E-state index contributed by atoms with van der Waals surface area (Å²) in [5.74, 6) is -0.527. The first-order valence-electron chi connectivity index (χ1n) is 8.10. The van der Waals surface area contributed by atoms with E-state index >= 15 is 0 Å². The first kappa shape index (κ1) is 15.1. The fourth-order valence-corrected chi connectivity index (χ4v) is 3.30. The second-order valence-electron chi connectivity index (χ2n) is 6.25. The van der Waals surface area contributed by atoms with Gasteiger partial charge >= 0.3 is 0 Å². The first-order valence-corrected chi connectivity index (χ1v) is 8.10. The molecule has 7 nitrogen and oxygen atoms in total. The van der Waals surface area contributed by atoms with Crippen molar-refractivity contribution in [3.05, 3.63) is 29.3 Å². The third-order valence-electron chi connectivity index (χ3n) is 4.50. The van der Waals surface area contributed by atoms with E-state index in [1.807, 2.05) is 0 Å². The Morgan fingerprint density at radius 3 is 3.04 bits per heavy atom. The molecule has 1 unspecified atom stereocenters. The van der Waals surface area contributed by atoms with Crippen molar-refractivity contribution in [1.29, 1.82) is 0 Å². The number of hydrogen-bond acceptors (Lipinski definition) is 5. The molecule has 0 radical (unpaired) electrons. The van der Waals surface area contributed by atoms with Crippen LogP contribution in [0.3, 0.4) is 0 Å². The average Bonchev–Trinajstić information content (AvgIpc) is 3.18. The number of halogens is 1. The van der Waals surface area contributed by atoms with Crippen LogP contribution in [-0.2, 0) is 13.6 Å². The molecule has 2 aromatic heterocycles. The Morgan fingerprint density at radius 1 is 1.46 bits per heavy atom. The van der Waals surface area contributed by atoms with Gasteiger partial charge in [0, 0.05) is 43.5 Å². The van der Waals surface area contributed by atoms with Gasteiger partial charge in [-0.2, -0.15) is 5.10 Å². The van der Waals surface area contributed by atoms with Crippen LogP contribution in [0.1, 0.15) is 28.8 Å². The van der Waals surface area contributed by atoms with Gasteiger partial charge in [0.25, 0.3) is 5.91 Å². The van der Waals surface area contributed by atoms with Gasteiger partial charge in [0.1, 0.15) is 0 Å². The molecule has 2 aromatic rings. The SMILES string of the molecule is Cn1cc(-c2nc(NC3CCCNC3)c(F)c3c2C(=O)NC3)cn1. The van der Waals surface area contributed by atoms with Crippen molar-refractivity contribution < 1.29 is 9.18 Å². The number of piperidine rings is 1. The molecule has 1 atom stereocenters. The fraction of sp³-hybridized carbons (Fsp3) is 0.438. The molecule has 1 fully saturated rings. The van der Waals surface area contributed by atoms with Gasteiger partial charge in [0.05, 0.1) is 17.5 Å². The molecule has 126 valence electrons. The molecule has 2 aliphatic heterocycles. The van der Waals surface area contributed by atoms with Crippen molar-refractivity contribution in [2.45, 2.75) is 25.4 Å². The van der Waals surface area contributed by atoms with Gasteiger partial charge in [0.15, 0.2) is 11.6 Å². The van der Waals surface area contributed by atoms with Crippen molar-refractivity contribution in [3.63, 3.8) is 0 Å². The van der Waals surface area contributed by atoms with Crippen LogP contribution in [0.4, 0.5) is 10.2 Å². The lowest BCUT2D eigenvalue weighted by Gasteiger charge is -2.25. The topological polar surface area (TPSA) is 83.9 Å². The van der Waals surface area contributed by atoms with E-state index in [0.717, 1.165) is 25.9 Å². The number of hydrogen-bond donors (Lipinski definition) is 3. The molecule has 24 heavy (non-hydrogen) atoms. The van der Waals surface area contributed by atoms with E-state index in [1.54, 1.807) is 24.1 Å². The number of carbonyl (C=O) groups is 1. The van der Waals surface area contributed by atoms with E-state index in [4.69, 9.17) is 0 Å². The molecular weight excluding hydrogens is 311 g/mol. The molecule has 1 saturated heterocycles. The summed E-state index contributed by atoms with van der Waals surface area (Å²) in [7, 11) is 1.79. The Morgan fingerprint density at radius 2 is 2.33 bits per heavy atom. The number of nitrogens with zero attached hydrogens (tertiary/aromatic N) is 3. The lowest BCUT2D eigenvalue weighted by atomic mass is 10.0. The lowest BCUT2D eigenvalue weighted by Crippen LogP contribution is -2.39. The first-order chi connectivity index (χ1) is 11.6. The minimum absolute atomic E-state index is 0.130. The lowest BCUT2D eigenvalue weighted by molar-refractivity contribution is 0.0966. The average molecular weight is 330 g/mol. The van der Waals surface area contributed by atoms with Crippen LogP contribution in [0.15, 0.2) is 12.4 Å². The Bertz CT molecular complexity index is 796. The summed E-state index contributed by atoms with van der Waals surface area (Å²) in [4.78, 5) is 16.6. The summed E-state index contributed by atoms with van der Waals surface area (Å²) in [5, 5.41) is 13.3. The van der Waals surface area contributed by atoms with Crippen molar-refractivity contribution in [2.24, 2.45) is 7.05 Å². The predicted octanol–water partition coefficient (Wildman–Crippen LogP) is 1.03. The highest BCUT2D eigenvalue weighted by molar-refractivity contribution is 6.04. The number of aromatic nitrogens is 3. The highest BCUT2D eigenvalue weighted by atomic mass is 19.1. The fourth-order valence-electron chi connectivity index (χ4n) is 3.30. The quantitative estimate of drug-likeness (QED) is 0.783. The van der Waals surface area contributed by atoms with Crippen LogP contribution in [0.25, 0.3) is 11.3 Å². The number of aryl methyl sites for hydroxylation is 1. The number of nitrogens with one attached hydrogen (secondary N) is 3. The second-order valence-corrected chi connectivity index (χ2v) is 6.25. The van der Waals surface area contributed by atoms with Gasteiger partial charge in [-0.3, -0.25) is 9.48 Å². The van der Waals surface area contributed by atoms with Crippen molar-refractivity contribution in [3.8, 4) is 11.3 Å². The third-order valence-corrected chi connectivity index (χ3v) is 4.50. The summed E-state index contributed by atoms with van der Waals surface area (Å²) < 4.78 is 16.5. The van der Waals surface area contributed by atoms with Crippen LogP contribution in [0.2, 0.25) is 0 Å². The molecule has 1 amide bonds. The van der Waals surface area contributed by atoms with Crippen LogP contribution < -0.4 is 16.0 Å². The van der Waals surface area contributed by atoms with Crippen LogP contribution in [-0.4, -0.2) is 39.8 Å². The summed E-state index contributed by atoms with van der Waals surface area (Å²) in [6.07, 6.45) is 5.42. The highest BCUT2D eigenvalue weighted by Gasteiger charge is 2.31. The van der Waals surface area contributed by atoms with Gasteiger partial charge < -0.3 is 16.0 Å². The van der Waals surface area contributed by atoms with Gasteiger partial charge in [-0.1, -0.05) is 0 Å². The molecule has 4 rings (SSSR count). The molecular formula is C16H19FN6O. The molecule has 0 aliphatic carbocycles. The molecule has 8 heteroatoms. The van der Waals surface area contributed by atoms with Gasteiger partial charge in [-0.15, -0.1) is 0 Å². The van der Waals surface area contributed by atoms with Crippen LogP contribution >= 0.6 is 0 Å². The Hall–Kier alpha value is -2.48. The van der Waals surface area contributed by atoms with Crippen molar-refractivity contribution >= 4 is 11.7 Å². The van der Waals surface area contributed by atoms with E-state index in [0.29, 0.717) is 22.4 Å². The Labute approximate surface area is 138 Å². The zero-order valence-corrected chi connectivity index (χ0v) is 13.4. The second kappa shape index (κ2) is 5.86. The van der Waals surface area contributed by atoms with E-state index < -0.39 is 5.82 Å². The maximum atomic E-state index is 14.8. The van der Waals surface area contributed by atoms with E-state index in [9.17, 15) is 9.18 Å². The van der Waals surface area contributed by atoms with Crippen LogP contribution in [0.5, 0.6) is 0 Å². The van der Waals surface area contributed by atoms with Crippen molar-refractivity contribution in [2.75, 3.05) is 18.4 Å². The van der Waals surface area contributed by atoms with Crippen molar-refractivity contribution in [1.82, 2.24) is 25.4 Å². The third kappa shape index (κ3) is 2.52. The molecule has 0 spiro atoms. The molecule has 0 saturated carbocycles. The zero-order chi connectivity index (χ0) is 16.7. The summed E-state index contributed by atoms with van der Waals surface area (Å²) in [6.45, 7) is 1.95. The van der Waals surface area contributed by atoms with Gasteiger partial charge in [-0.25, -0.2) is 9.37 Å². The minimum atomic E-state index is -0.443. The number of fused-ring (bicyclic) bond motifs is 1. The number of pyridine rings is 1. The van der Waals surface area contributed by atoms with E-state index in [1.165, 1.54) is 0 Å². The monoisotopic (exact) mass is 330 g/mol. The summed E-state index contributed by atoms with van der Waals surface area (Å²) in [5.41, 5.74) is 1.87. The minimum Gasteiger partial charge on any atom is -0.364 e. The van der Waals surface area contributed by atoms with Crippen LogP contribution in [0, 0.1) is 5.82 Å². The highest BCUT2D eigenvalue weighted by Crippen LogP contribution is 2.32. The van der Waals surface area contributed by atoms with Gasteiger partial charge in [0.2, 0.25) is 0 Å². The largest absolute Gasteiger partial charge is 0.364 e. The van der Waals surface area contributed by atoms with E-state index in [2.05, 4.69) is 26.0 Å². The molecule has 3 N–H and O–H groups in total. The predicted molar refractivity (Wildman–Crippen MR) is 87.1 cm³/mol. The normalized spacial score (nSPS) is 19.9. The Kier molecular flexibility index (Phi) is 3.68. The molecule has 0 aromatic carbocycles. The standard InChI is InChI=1S/C16H19FN6O/c1-23-8-9(5-20-23)14-12-11(7-19-16(12)24)13(17)15(22-14)21-10-3-2-4-18-6-10/h5,8,10,18H,2-4,6-7H2,1H3,(H,19,24)(H,21,22).